The van der Waals surface area contributed by atoms with Crippen LogP contribution in [0.4, 0.5) is 5.69 Å². The van der Waals surface area contributed by atoms with Crippen LogP contribution < -0.4 is 5.73 Å². The highest BCUT2D eigenvalue weighted by Gasteiger charge is 2.40. The molecule has 0 unspecified atom stereocenters. The van der Waals surface area contributed by atoms with E-state index < -0.39 is 0 Å². The van der Waals surface area contributed by atoms with Gasteiger partial charge in [0.2, 0.25) is 0 Å². The van der Waals surface area contributed by atoms with Crippen molar-refractivity contribution in [2.75, 3.05) is 32.0 Å². The lowest BCUT2D eigenvalue weighted by Gasteiger charge is -2.38. The zero-order valence-electron chi connectivity index (χ0n) is 10.9. The molecule has 0 atom stereocenters. The van der Waals surface area contributed by atoms with E-state index in [4.69, 9.17) is 26.8 Å². The first-order valence-electron chi connectivity index (χ1n) is 6.71. The largest absolute Gasteiger partial charge is 0.398 e. The Morgan fingerprint density at radius 2 is 2.11 bits per heavy atom. The fraction of sp³-hybridized carbons (Fsp3) is 0.571. The van der Waals surface area contributed by atoms with Gasteiger partial charge in [0.05, 0.1) is 30.5 Å². The number of likely N-dealkylation sites (tertiary alicyclic amines) is 1. The predicted octanol–water partition coefficient (Wildman–Crippen LogP) is 2.26. The molecule has 1 aromatic carbocycles. The number of anilines is 1. The first-order valence-corrected chi connectivity index (χ1v) is 7.09. The van der Waals surface area contributed by atoms with E-state index in [0.29, 0.717) is 23.9 Å². The second-order valence-corrected chi connectivity index (χ2v) is 5.68. The monoisotopic (exact) mass is 282 g/mol. The molecule has 2 saturated heterocycles. The first kappa shape index (κ1) is 13.2. The van der Waals surface area contributed by atoms with Gasteiger partial charge in [-0.1, -0.05) is 17.7 Å². The van der Waals surface area contributed by atoms with Crippen LogP contribution in [-0.2, 0) is 16.0 Å². The van der Waals surface area contributed by atoms with Gasteiger partial charge in [0, 0.05) is 13.0 Å². The van der Waals surface area contributed by atoms with Gasteiger partial charge in [-0.3, -0.25) is 4.90 Å². The molecule has 5 heteroatoms. The van der Waals surface area contributed by atoms with E-state index in [-0.39, 0.29) is 5.79 Å². The Hall–Kier alpha value is -0.810. The average Bonchev–Trinajstić information content (AvgIpc) is 2.82. The number of hydrogen-bond acceptors (Lipinski definition) is 4. The fourth-order valence-corrected chi connectivity index (χ4v) is 3.01. The molecule has 2 heterocycles. The van der Waals surface area contributed by atoms with Gasteiger partial charge in [-0.25, -0.2) is 0 Å². The molecule has 19 heavy (non-hydrogen) atoms. The van der Waals surface area contributed by atoms with Crippen molar-refractivity contribution >= 4 is 17.3 Å². The van der Waals surface area contributed by atoms with E-state index >= 15 is 0 Å². The number of nitrogens with zero attached hydrogens (tertiary/aromatic N) is 1. The summed E-state index contributed by atoms with van der Waals surface area (Å²) in [5.41, 5.74) is 7.66. The first-order chi connectivity index (χ1) is 9.17. The molecule has 104 valence electrons. The van der Waals surface area contributed by atoms with Gasteiger partial charge in [0.1, 0.15) is 0 Å². The van der Waals surface area contributed by atoms with Crippen molar-refractivity contribution in [3.8, 4) is 0 Å². The second kappa shape index (κ2) is 5.29. The Kier molecular flexibility index (Phi) is 3.67. The molecule has 2 fully saturated rings. The Labute approximate surface area is 118 Å². The van der Waals surface area contributed by atoms with Crippen LogP contribution in [-0.4, -0.2) is 37.0 Å². The molecule has 0 bridgehead atoms. The van der Waals surface area contributed by atoms with Crippen molar-refractivity contribution in [1.82, 2.24) is 4.90 Å². The van der Waals surface area contributed by atoms with Gasteiger partial charge in [0.15, 0.2) is 5.79 Å². The summed E-state index contributed by atoms with van der Waals surface area (Å²) >= 11 is 5.94. The van der Waals surface area contributed by atoms with Gasteiger partial charge < -0.3 is 15.2 Å². The maximum absolute atomic E-state index is 5.94. The number of ether oxygens (including phenoxy) is 2. The number of piperidine rings is 1. The van der Waals surface area contributed by atoms with Gasteiger partial charge in [0.25, 0.3) is 0 Å². The smallest absolute Gasteiger partial charge is 0.181 e. The van der Waals surface area contributed by atoms with Crippen LogP contribution in [0.3, 0.4) is 0 Å². The fourth-order valence-electron chi connectivity index (χ4n) is 2.89. The Bertz CT molecular complexity index is 461. The lowest BCUT2D eigenvalue weighted by Crippen LogP contribution is -2.48. The maximum atomic E-state index is 5.94. The number of rotatable bonds is 2. The molecule has 2 aliphatic rings. The van der Waals surface area contributed by atoms with Crippen LogP contribution in [0.15, 0.2) is 18.2 Å². The van der Waals surface area contributed by atoms with Crippen LogP contribution in [0.1, 0.15) is 18.4 Å². The van der Waals surface area contributed by atoms with E-state index in [0.717, 1.165) is 32.5 Å². The highest BCUT2D eigenvalue weighted by atomic mass is 35.5. The van der Waals surface area contributed by atoms with Crippen LogP contribution in [0.5, 0.6) is 0 Å². The van der Waals surface area contributed by atoms with E-state index in [1.54, 1.807) is 0 Å². The van der Waals surface area contributed by atoms with Crippen LogP contribution >= 0.6 is 11.6 Å². The zero-order valence-corrected chi connectivity index (χ0v) is 11.7. The predicted molar refractivity (Wildman–Crippen MR) is 75.0 cm³/mol. The minimum absolute atomic E-state index is 0.365. The van der Waals surface area contributed by atoms with Gasteiger partial charge >= 0.3 is 0 Å². The molecule has 1 spiro atoms. The highest BCUT2D eigenvalue weighted by Crippen LogP contribution is 2.31. The molecular formula is C14H19ClN2O2. The third-order valence-corrected chi connectivity index (χ3v) is 4.12. The van der Waals surface area contributed by atoms with Crippen molar-refractivity contribution < 1.29 is 9.47 Å². The van der Waals surface area contributed by atoms with Crippen LogP contribution in [0, 0.1) is 0 Å². The number of benzene rings is 1. The van der Waals surface area contributed by atoms with Gasteiger partial charge in [-0.2, -0.15) is 0 Å². The molecule has 0 saturated carbocycles. The number of nitrogens with two attached hydrogens (primary N) is 1. The lowest BCUT2D eigenvalue weighted by atomic mass is 10.0. The van der Waals surface area contributed by atoms with E-state index in [1.807, 2.05) is 18.2 Å². The quantitative estimate of drug-likeness (QED) is 0.846. The summed E-state index contributed by atoms with van der Waals surface area (Å²) in [6.45, 7) is 4.17. The third-order valence-electron chi connectivity index (χ3n) is 3.78. The summed E-state index contributed by atoms with van der Waals surface area (Å²) in [6.07, 6.45) is 2.09. The second-order valence-electron chi connectivity index (χ2n) is 5.28. The van der Waals surface area contributed by atoms with Crippen LogP contribution in [0.2, 0.25) is 5.02 Å². The minimum Gasteiger partial charge on any atom is -0.398 e. The Morgan fingerprint density at radius 3 is 2.84 bits per heavy atom. The number of hydrogen-bond donors (Lipinski definition) is 1. The zero-order chi connectivity index (χ0) is 13.3. The number of nitrogen functional groups attached to an aromatic ring is 1. The molecule has 2 aliphatic heterocycles. The van der Waals surface area contributed by atoms with Crippen molar-refractivity contribution in [1.29, 1.82) is 0 Å². The summed E-state index contributed by atoms with van der Waals surface area (Å²) in [4.78, 5) is 2.36. The minimum atomic E-state index is -0.365. The van der Waals surface area contributed by atoms with Crippen molar-refractivity contribution in [3.05, 3.63) is 28.8 Å². The maximum Gasteiger partial charge on any atom is 0.181 e. The summed E-state index contributed by atoms with van der Waals surface area (Å²) in [5, 5.41) is 0.612. The molecule has 1 aromatic rings. The van der Waals surface area contributed by atoms with Crippen molar-refractivity contribution in [3.63, 3.8) is 0 Å². The third kappa shape index (κ3) is 2.87. The molecular weight excluding hydrogens is 264 g/mol. The molecule has 3 rings (SSSR count). The molecule has 4 nitrogen and oxygen atoms in total. The van der Waals surface area contributed by atoms with Crippen LogP contribution in [0.25, 0.3) is 0 Å². The summed E-state index contributed by atoms with van der Waals surface area (Å²) in [7, 11) is 0. The highest BCUT2D eigenvalue weighted by molar-refractivity contribution is 6.33. The van der Waals surface area contributed by atoms with Gasteiger partial charge in [-0.15, -0.1) is 0 Å². The average molecular weight is 283 g/mol. The summed E-state index contributed by atoms with van der Waals surface area (Å²) in [5.74, 6) is -0.365. The standard InChI is InChI=1S/C14H19ClN2O2/c15-12-3-2-11(8-13(12)16)9-17-5-1-4-14(10-17)18-6-7-19-14/h2-3,8H,1,4-7,9-10,16H2. The SMILES string of the molecule is Nc1cc(CN2CCCC3(C2)OCCO3)ccc1Cl. The topological polar surface area (TPSA) is 47.7 Å². The normalized spacial score (nSPS) is 23.0. The van der Waals surface area contributed by atoms with Gasteiger partial charge in [-0.05, 0) is 30.7 Å². The molecule has 0 aromatic heterocycles. The Balaban J connectivity index is 1.67. The van der Waals surface area contributed by atoms with Crippen molar-refractivity contribution in [2.45, 2.75) is 25.2 Å². The molecule has 0 aliphatic carbocycles. The number of halogens is 1. The lowest BCUT2D eigenvalue weighted by molar-refractivity contribution is -0.190. The van der Waals surface area contributed by atoms with E-state index in [2.05, 4.69) is 4.90 Å². The Morgan fingerprint density at radius 1 is 1.32 bits per heavy atom. The molecule has 0 amide bonds. The van der Waals surface area contributed by atoms with E-state index in [9.17, 15) is 0 Å². The summed E-state index contributed by atoms with van der Waals surface area (Å²) in [6, 6.07) is 5.82. The summed E-state index contributed by atoms with van der Waals surface area (Å²) < 4.78 is 11.6. The van der Waals surface area contributed by atoms with E-state index in [1.165, 1.54) is 5.56 Å². The molecule has 0 radical (unpaired) electrons. The molecule has 2 N–H and O–H groups in total. The van der Waals surface area contributed by atoms with Crippen molar-refractivity contribution in [2.24, 2.45) is 0 Å².